The van der Waals surface area contributed by atoms with Crippen LogP contribution >= 0.6 is 0 Å². The first-order valence-corrected chi connectivity index (χ1v) is 6.42. The molecule has 1 aromatic carbocycles. The van der Waals surface area contributed by atoms with Crippen molar-refractivity contribution in [2.75, 3.05) is 24.7 Å². The summed E-state index contributed by atoms with van der Waals surface area (Å²) in [5, 5.41) is 9.03. The lowest BCUT2D eigenvalue weighted by molar-refractivity contribution is -0.122. The van der Waals surface area contributed by atoms with Crippen molar-refractivity contribution in [3.05, 3.63) is 29.3 Å². The Balaban J connectivity index is 1.89. The van der Waals surface area contributed by atoms with Crippen molar-refractivity contribution >= 4 is 17.6 Å². The van der Waals surface area contributed by atoms with Gasteiger partial charge in [0.2, 0.25) is 5.91 Å². The standard InChI is InChI=1S/C14H15NO4/c16-13(11-4-6-19-8-11)15-5-3-9-1-2-10(14(17)18)7-12(9)15/h1-2,7,11H,3-6,8H2,(H,17,18). The van der Waals surface area contributed by atoms with Crippen molar-refractivity contribution in [1.29, 1.82) is 0 Å². The fourth-order valence-corrected chi connectivity index (χ4v) is 2.69. The Morgan fingerprint density at radius 1 is 1.37 bits per heavy atom. The molecule has 1 atom stereocenters. The number of carboxylic acid groups (broad SMARTS) is 1. The van der Waals surface area contributed by atoms with Gasteiger partial charge in [-0.05, 0) is 30.5 Å². The zero-order valence-corrected chi connectivity index (χ0v) is 10.5. The van der Waals surface area contributed by atoms with Gasteiger partial charge in [0.05, 0.1) is 18.1 Å². The Bertz CT molecular complexity index is 534. The highest BCUT2D eigenvalue weighted by molar-refractivity contribution is 5.99. The van der Waals surface area contributed by atoms with Crippen LogP contribution in [-0.4, -0.2) is 36.7 Å². The molecule has 1 N–H and O–H groups in total. The van der Waals surface area contributed by atoms with Crippen LogP contribution in [0, 0.1) is 5.92 Å². The van der Waals surface area contributed by atoms with Gasteiger partial charge in [0.1, 0.15) is 0 Å². The average molecular weight is 261 g/mol. The third-order valence-electron chi connectivity index (χ3n) is 3.77. The number of amides is 1. The number of nitrogens with zero attached hydrogens (tertiary/aromatic N) is 1. The highest BCUT2D eigenvalue weighted by Crippen LogP contribution is 2.31. The SMILES string of the molecule is O=C(O)c1ccc2c(c1)N(C(=O)C1CCOC1)CC2. The molecule has 5 heteroatoms. The summed E-state index contributed by atoms with van der Waals surface area (Å²) in [6.07, 6.45) is 1.54. The number of hydrogen-bond acceptors (Lipinski definition) is 3. The molecular formula is C14H15NO4. The van der Waals surface area contributed by atoms with Gasteiger partial charge in [-0.3, -0.25) is 4.79 Å². The minimum absolute atomic E-state index is 0.0544. The molecule has 19 heavy (non-hydrogen) atoms. The van der Waals surface area contributed by atoms with Crippen LogP contribution in [0.25, 0.3) is 0 Å². The Labute approximate surface area is 110 Å². The number of anilines is 1. The number of ether oxygens (including phenoxy) is 1. The molecule has 1 amide bonds. The number of carboxylic acids is 1. The van der Waals surface area contributed by atoms with Crippen LogP contribution in [0.2, 0.25) is 0 Å². The third-order valence-corrected chi connectivity index (χ3v) is 3.77. The van der Waals surface area contributed by atoms with E-state index in [2.05, 4.69) is 0 Å². The van der Waals surface area contributed by atoms with E-state index in [1.165, 1.54) is 0 Å². The smallest absolute Gasteiger partial charge is 0.335 e. The minimum atomic E-state index is -0.966. The summed E-state index contributed by atoms with van der Waals surface area (Å²) in [5.74, 6) is -0.996. The number of benzene rings is 1. The Kier molecular flexibility index (Phi) is 2.98. The first kappa shape index (κ1) is 12.2. The van der Waals surface area contributed by atoms with Gasteiger partial charge in [-0.15, -0.1) is 0 Å². The van der Waals surface area contributed by atoms with Crippen LogP contribution in [-0.2, 0) is 16.0 Å². The zero-order chi connectivity index (χ0) is 13.4. The molecular weight excluding hydrogens is 246 g/mol. The van der Waals surface area contributed by atoms with Crippen LogP contribution in [0.15, 0.2) is 18.2 Å². The summed E-state index contributed by atoms with van der Waals surface area (Å²) in [4.78, 5) is 25.1. The molecule has 0 aromatic heterocycles. The number of fused-ring (bicyclic) bond motifs is 1. The Hall–Kier alpha value is -1.88. The van der Waals surface area contributed by atoms with Crippen molar-refractivity contribution in [2.45, 2.75) is 12.8 Å². The van der Waals surface area contributed by atoms with Crippen LogP contribution in [0.5, 0.6) is 0 Å². The predicted octanol–water partition coefficient (Wildman–Crippen LogP) is 1.31. The van der Waals surface area contributed by atoms with Crippen LogP contribution in [0.3, 0.4) is 0 Å². The van der Waals surface area contributed by atoms with Gasteiger partial charge in [-0.25, -0.2) is 4.79 Å². The van der Waals surface area contributed by atoms with E-state index in [1.807, 2.05) is 0 Å². The summed E-state index contributed by atoms with van der Waals surface area (Å²) < 4.78 is 5.25. The van der Waals surface area contributed by atoms with Crippen molar-refractivity contribution in [2.24, 2.45) is 5.92 Å². The first-order chi connectivity index (χ1) is 9.16. The fraction of sp³-hybridized carbons (Fsp3) is 0.429. The van der Waals surface area contributed by atoms with Gasteiger partial charge in [0.25, 0.3) is 0 Å². The molecule has 1 unspecified atom stereocenters. The van der Waals surface area contributed by atoms with Gasteiger partial charge in [0.15, 0.2) is 0 Å². The maximum atomic E-state index is 12.4. The molecule has 0 aliphatic carbocycles. The van der Waals surface area contributed by atoms with E-state index >= 15 is 0 Å². The molecule has 2 aliphatic rings. The Morgan fingerprint density at radius 3 is 2.89 bits per heavy atom. The van der Waals surface area contributed by atoms with Crippen LogP contribution in [0.1, 0.15) is 22.3 Å². The fourth-order valence-electron chi connectivity index (χ4n) is 2.69. The van der Waals surface area contributed by atoms with Crippen molar-refractivity contribution in [3.8, 4) is 0 Å². The molecule has 2 heterocycles. The molecule has 1 saturated heterocycles. The minimum Gasteiger partial charge on any atom is -0.478 e. The first-order valence-electron chi connectivity index (χ1n) is 6.42. The molecule has 3 rings (SSSR count). The lowest BCUT2D eigenvalue weighted by Gasteiger charge is -2.20. The largest absolute Gasteiger partial charge is 0.478 e. The second-order valence-electron chi connectivity index (χ2n) is 4.95. The predicted molar refractivity (Wildman–Crippen MR) is 68.4 cm³/mol. The second kappa shape index (κ2) is 4.66. The maximum absolute atomic E-state index is 12.4. The van der Waals surface area contributed by atoms with Crippen molar-refractivity contribution in [3.63, 3.8) is 0 Å². The summed E-state index contributed by atoms with van der Waals surface area (Å²) >= 11 is 0. The third kappa shape index (κ3) is 2.10. The average Bonchev–Trinajstić information content (AvgIpc) is 3.06. The number of hydrogen-bond donors (Lipinski definition) is 1. The highest BCUT2D eigenvalue weighted by Gasteiger charge is 2.32. The normalized spacial score (nSPS) is 21.5. The van der Waals surface area contributed by atoms with E-state index in [4.69, 9.17) is 9.84 Å². The van der Waals surface area contributed by atoms with E-state index in [-0.39, 0.29) is 17.4 Å². The van der Waals surface area contributed by atoms with Crippen molar-refractivity contribution in [1.82, 2.24) is 0 Å². The van der Waals surface area contributed by atoms with Gasteiger partial charge in [-0.2, -0.15) is 0 Å². The van der Waals surface area contributed by atoms with Gasteiger partial charge in [-0.1, -0.05) is 6.07 Å². The van der Waals surface area contributed by atoms with Crippen molar-refractivity contribution < 1.29 is 19.4 Å². The molecule has 1 aromatic rings. The van der Waals surface area contributed by atoms with E-state index in [0.29, 0.717) is 19.8 Å². The molecule has 1 fully saturated rings. The summed E-state index contributed by atoms with van der Waals surface area (Å²) in [5.41, 5.74) is 2.01. The molecule has 0 saturated carbocycles. The second-order valence-corrected chi connectivity index (χ2v) is 4.95. The summed E-state index contributed by atoms with van der Waals surface area (Å²) in [6, 6.07) is 4.99. The topological polar surface area (TPSA) is 66.8 Å². The number of aromatic carboxylic acids is 1. The van der Waals surface area contributed by atoms with Gasteiger partial charge >= 0.3 is 5.97 Å². The van der Waals surface area contributed by atoms with E-state index in [9.17, 15) is 9.59 Å². The van der Waals surface area contributed by atoms with E-state index in [0.717, 1.165) is 24.1 Å². The van der Waals surface area contributed by atoms with Gasteiger partial charge < -0.3 is 14.7 Å². The van der Waals surface area contributed by atoms with Crippen LogP contribution < -0.4 is 4.90 Å². The van der Waals surface area contributed by atoms with E-state index in [1.54, 1.807) is 23.1 Å². The number of rotatable bonds is 2. The maximum Gasteiger partial charge on any atom is 0.335 e. The molecule has 0 spiro atoms. The van der Waals surface area contributed by atoms with E-state index < -0.39 is 5.97 Å². The molecule has 100 valence electrons. The highest BCUT2D eigenvalue weighted by atomic mass is 16.5. The van der Waals surface area contributed by atoms with Gasteiger partial charge in [0, 0.05) is 18.8 Å². The zero-order valence-electron chi connectivity index (χ0n) is 10.5. The summed E-state index contributed by atoms with van der Waals surface area (Å²) in [7, 11) is 0. The quantitative estimate of drug-likeness (QED) is 0.871. The monoisotopic (exact) mass is 261 g/mol. The lowest BCUT2D eigenvalue weighted by Crippen LogP contribution is -2.35. The summed E-state index contributed by atoms with van der Waals surface area (Å²) in [6.45, 7) is 1.74. The molecule has 0 bridgehead atoms. The molecule has 5 nitrogen and oxygen atoms in total. The number of carbonyl (C=O) groups excluding carboxylic acids is 1. The lowest BCUT2D eigenvalue weighted by atomic mass is 10.1. The van der Waals surface area contributed by atoms with Crippen LogP contribution in [0.4, 0.5) is 5.69 Å². The Morgan fingerprint density at radius 2 is 2.21 bits per heavy atom. The number of carbonyl (C=O) groups is 2. The molecule has 0 radical (unpaired) electrons. The molecule has 2 aliphatic heterocycles.